The molecule has 0 aliphatic carbocycles. The summed E-state index contributed by atoms with van der Waals surface area (Å²) >= 11 is 0. The summed E-state index contributed by atoms with van der Waals surface area (Å²) in [7, 11) is 0. The van der Waals surface area contributed by atoms with Crippen LogP contribution in [0.4, 0.5) is 0 Å². The van der Waals surface area contributed by atoms with Gasteiger partial charge < -0.3 is 89.9 Å². The van der Waals surface area contributed by atoms with Gasteiger partial charge in [0.05, 0.1) is 38.6 Å². The third-order valence-corrected chi connectivity index (χ3v) is 17.3. The Bertz CT molecular complexity index is 2410. The number of carbonyl (C=O) groups is 1. The van der Waals surface area contributed by atoms with Crippen LogP contribution in [0.1, 0.15) is 206 Å². The van der Waals surface area contributed by atoms with Gasteiger partial charge in [0.15, 0.2) is 18.9 Å². The molecule has 99 heavy (non-hydrogen) atoms. The van der Waals surface area contributed by atoms with Crippen molar-refractivity contribution in [3.63, 3.8) is 0 Å². The van der Waals surface area contributed by atoms with Gasteiger partial charge in [-0.25, -0.2) is 0 Å². The van der Waals surface area contributed by atoms with Crippen LogP contribution in [0.3, 0.4) is 0 Å². The van der Waals surface area contributed by atoms with E-state index in [0.29, 0.717) is 12.8 Å². The van der Waals surface area contributed by atoms with Crippen molar-refractivity contribution in [2.75, 3.05) is 26.4 Å². The Morgan fingerprint density at radius 3 is 1.13 bits per heavy atom. The molecule has 17 unspecified atom stereocenters. The molecule has 0 bridgehead atoms. The maximum absolute atomic E-state index is 13.4. The average Bonchev–Trinajstić information content (AvgIpc) is 0.784. The molecule has 3 saturated heterocycles. The highest BCUT2D eigenvalue weighted by Crippen LogP contribution is 2.33. The minimum atomic E-state index is -1.99. The van der Waals surface area contributed by atoms with E-state index in [0.717, 1.165) is 135 Å². The van der Waals surface area contributed by atoms with Crippen LogP contribution in [-0.2, 0) is 33.2 Å². The molecule has 0 aromatic rings. The number of amides is 1. The van der Waals surface area contributed by atoms with Gasteiger partial charge in [-0.1, -0.05) is 236 Å². The van der Waals surface area contributed by atoms with Crippen LogP contribution >= 0.6 is 0 Å². The Kier molecular flexibility index (Phi) is 52.7. The number of allylic oxidation sites excluding steroid dienone is 25. The molecule has 562 valence electrons. The summed E-state index contributed by atoms with van der Waals surface area (Å²) < 4.78 is 34.3. The van der Waals surface area contributed by atoms with E-state index in [1.54, 1.807) is 6.08 Å². The predicted molar refractivity (Wildman–Crippen MR) is 392 cm³/mol. The van der Waals surface area contributed by atoms with E-state index in [1.165, 1.54) is 38.5 Å². The van der Waals surface area contributed by atoms with Crippen molar-refractivity contribution < 1.29 is 89.4 Å². The number of rotatable bonds is 55. The third kappa shape index (κ3) is 39.6. The van der Waals surface area contributed by atoms with Gasteiger partial charge in [-0.3, -0.25) is 4.79 Å². The van der Waals surface area contributed by atoms with Crippen molar-refractivity contribution in [1.29, 1.82) is 0 Å². The number of unbranched alkanes of at least 4 members (excludes halogenated alkanes) is 15. The second-order valence-corrected chi connectivity index (χ2v) is 25.6. The number of hydrogen-bond donors (Lipinski definition) is 12. The van der Waals surface area contributed by atoms with Crippen LogP contribution in [0.5, 0.6) is 0 Å². The molecular formula is C80H129NO18. The number of nitrogens with one attached hydrogen (secondary N) is 1. The van der Waals surface area contributed by atoms with Gasteiger partial charge in [0.25, 0.3) is 0 Å². The quantitative estimate of drug-likeness (QED) is 0.0199. The van der Waals surface area contributed by atoms with Crippen LogP contribution in [-0.4, -0.2) is 193 Å². The molecule has 0 aromatic carbocycles. The molecule has 3 heterocycles. The van der Waals surface area contributed by atoms with E-state index >= 15 is 0 Å². The average molecular weight is 1390 g/mol. The van der Waals surface area contributed by atoms with Crippen LogP contribution in [0, 0.1) is 0 Å². The largest absolute Gasteiger partial charge is 0.394 e. The van der Waals surface area contributed by atoms with Gasteiger partial charge in [0, 0.05) is 6.42 Å². The summed E-state index contributed by atoms with van der Waals surface area (Å²) in [5, 5.41) is 120. The number of carbonyl (C=O) groups excluding carboxylic acids is 1. The molecule has 0 aromatic heterocycles. The molecule has 0 saturated carbocycles. The summed E-state index contributed by atoms with van der Waals surface area (Å²) in [6, 6.07) is -1.01. The van der Waals surface area contributed by atoms with Crippen molar-refractivity contribution in [1.82, 2.24) is 5.32 Å². The van der Waals surface area contributed by atoms with Gasteiger partial charge in [-0.15, -0.1) is 0 Å². The fraction of sp³-hybridized carbons (Fsp3) is 0.662. The second-order valence-electron chi connectivity index (χ2n) is 25.6. The first-order valence-corrected chi connectivity index (χ1v) is 37.2. The summed E-state index contributed by atoms with van der Waals surface area (Å²) in [6.07, 6.45) is 59.4. The van der Waals surface area contributed by atoms with E-state index < -0.39 is 124 Å². The van der Waals surface area contributed by atoms with E-state index in [-0.39, 0.29) is 18.9 Å². The Morgan fingerprint density at radius 2 is 0.707 bits per heavy atom. The summed E-state index contributed by atoms with van der Waals surface area (Å²) in [6.45, 7) is 1.54. The first-order chi connectivity index (χ1) is 48.3. The molecule has 19 heteroatoms. The Hall–Kier alpha value is -4.59. The Morgan fingerprint density at radius 1 is 0.374 bits per heavy atom. The number of aliphatic hydroxyl groups excluding tert-OH is 11. The van der Waals surface area contributed by atoms with E-state index in [2.05, 4.69) is 165 Å². The zero-order valence-electron chi connectivity index (χ0n) is 59.6. The molecule has 1 amide bonds. The van der Waals surface area contributed by atoms with Crippen LogP contribution < -0.4 is 5.32 Å². The fourth-order valence-electron chi connectivity index (χ4n) is 11.3. The summed E-state index contributed by atoms with van der Waals surface area (Å²) in [5.41, 5.74) is 0. The Labute approximate surface area is 593 Å². The van der Waals surface area contributed by atoms with Crippen molar-refractivity contribution in [3.8, 4) is 0 Å². The topological polar surface area (TPSA) is 307 Å². The Balaban J connectivity index is 1.36. The maximum Gasteiger partial charge on any atom is 0.220 e. The van der Waals surface area contributed by atoms with E-state index in [4.69, 9.17) is 28.4 Å². The molecule has 0 spiro atoms. The van der Waals surface area contributed by atoms with Crippen LogP contribution in [0.2, 0.25) is 0 Å². The SMILES string of the molecule is CC/C=C\C/C=C\C/C=C\C/C=C\C/C=C\C/C=C\C/C=C\C/C=C\C/C=C\C/C=C\CCCCCCCCCCC(=O)NC(COC1OC(CO)C(OC2OC(CO)C(OC3OC(CO)C(O)C(O)C3O)C(O)C2O)C(O)C1O)C(O)/C=C/CC/C=C/CC/C=C/CCCCCCC. The maximum atomic E-state index is 13.4. The predicted octanol–water partition coefficient (Wildman–Crippen LogP) is 11.3. The first-order valence-electron chi connectivity index (χ1n) is 37.2. The van der Waals surface area contributed by atoms with Crippen molar-refractivity contribution in [2.45, 2.75) is 311 Å². The van der Waals surface area contributed by atoms with Gasteiger partial charge in [-0.05, 0) is 122 Å². The lowest BCUT2D eigenvalue weighted by atomic mass is 9.96. The molecule has 3 rings (SSSR count). The van der Waals surface area contributed by atoms with Gasteiger partial charge in [0.2, 0.25) is 5.91 Å². The lowest BCUT2D eigenvalue weighted by molar-refractivity contribution is -0.379. The van der Waals surface area contributed by atoms with Gasteiger partial charge >= 0.3 is 0 Å². The van der Waals surface area contributed by atoms with Crippen molar-refractivity contribution in [2.24, 2.45) is 0 Å². The molecule has 0 radical (unpaired) electrons. The highest BCUT2D eigenvalue weighted by Gasteiger charge is 2.53. The molecule has 3 aliphatic heterocycles. The lowest BCUT2D eigenvalue weighted by Crippen LogP contribution is -2.66. The standard InChI is InChI=1S/C80H129NO18/c1-3-5-7-9-11-13-15-17-19-20-21-22-23-24-25-26-27-28-29-30-31-32-33-34-35-36-37-38-39-40-41-42-44-46-48-50-52-54-56-58-68(86)81-63(64(85)57-55-53-51-49-47-45-43-18-16-14-12-10-8-6-4-2)62-94-78-74(92)71(89)76(66(60-83)96-78)99-80-75(93)72(90)77(67(61-84)97-80)98-79-73(91)70(88)69(87)65(59-82)95-79/h5,7,11,13,16-19,21-22,24-25,27-28,30-31,33-34,36-37,39-40,47,49,55,57,63-67,69-80,82-85,87-93H,3-4,6,8-10,12,14-15,20,23,26,29,32,35,38,41-46,48,50-54,56,58-62H2,1-2H3,(H,81,86)/b7-5-,13-11-,18-16+,19-17-,22-21-,25-24-,28-27-,31-30-,34-33-,37-36-,40-39-,49-47+,57-55+. The van der Waals surface area contributed by atoms with E-state index in [9.17, 15) is 61.0 Å². The van der Waals surface area contributed by atoms with E-state index in [1.807, 2.05) is 6.08 Å². The summed E-state index contributed by atoms with van der Waals surface area (Å²) in [5.74, 6) is -0.306. The zero-order chi connectivity index (χ0) is 71.8. The molecule has 3 fully saturated rings. The molecule has 19 nitrogen and oxygen atoms in total. The fourth-order valence-corrected chi connectivity index (χ4v) is 11.3. The normalized spacial score (nSPS) is 27.5. The van der Waals surface area contributed by atoms with Crippen molar-refractivity contribution in [3.05, 3.63) is 158 Å². The lowest BCUT2D eigenvalue weighted by Gasteiger charge is -2.48. The minimum absolute atomic E-state index is 0.211. The van der Waals surface area contributed by atoms with Gasteiger partial charge in [-0.2, -0.15) is 0 Å². The molecule has 12 N–H and O–H groups in total. The smallest absolute Gasteiger partial charge is 0.220 e. The second kappa shape index (κ2) is 58.9. The zero-order valence-corrected chi connectivity index (χ0v) is 59.6. The van der Waals surface area contributed by atoms with Crippen LogP contribution in [0.25, 0.3) is 0 Å². The number of aliphatic hydroxyl groups is 11. The number of ether oxygens (including phenoxy) is 6. The third-order valence-electron chi connectivity index (χ3n) is 17.3. The number of hydrogen-bond acceptors (Lipinski definition) is 18. The van der Waals surface area contributed by atoms with Crippen molar-refractivity contribution >= 4 is 5.91 Å². The summed E-state index contributed by atoms with van der Waals surface area (Å²) in [4.78, 5) is 13.4. The highest BCUT2D eigenvalue weighted by atomic mass is 16.8. The first kappa shape index (κ1) is 88.6. The monoisotopic (exact) mass is 1390 g/mol. The molecular weight excluding hydrogens is 1260 g/mol. The highest BCUT2D eigenvalue weighted by molar-refractivity contribution is 5.76. The molecule has 3 aliphatic rings. The van der Waals surface area contributed by atoms with Gasteiger partial charge in [0.1, 0.15) is 73.2 Å². The minimum Gasteiger partial charge on any atom is -0.394 e. The van der Waals surface area contributed by atoms with Crippen LogP contribution in [0.15, 0.2) is 158 Å². The molecule has 17 atom stereocenters.